The van der Waals surface area contributed by atoms with Crippen molar-refractivity contribution < 1.29 is 20.1 Å². The Bertz CT molecular complexity index is 840. The fourth-order valence-electron chi connectivity index (χ4n) is 6.43. The van der Waals surface area contributed by atoms with Crippen LogP contribution in [0.2, 0.25) is 0 Å². The summed E-state index contributed by atoms with van der Waals surface area (Å²) in [5, 5.41) is 32.4. The van der Waals surface area contributed by atoms with Crippen molar-refractivity contribution in [3.8, 4) is 23.7 Å². The van der Waals surface area contributed by atoms with Gasteiger partial charge in [0.05, 0.1) is 17.8 Å². The lowest BCUT2D eigenvalue weighted by atomic mass is 9.50. The molecule has 0 radical (unpaired) electrons. The molecule has 0 unspecified atom stereocenters. The van der Waals surface area contributed by atoms with E-state index in [-0.39, 0.29) is 11.8 Å². The third-order valence-electron chi connectivity index (χ3n) is 8.60. The summed E-state index contributed by atoms with van der Waals surface area (Å²) in [6.45, 7) is 14.6. The number of rotatable bonds is 11. The van der Waals surface area contributed by atoms with Gasteiger partial charge in [-0.2, -0.15) is 0 Å². The van der Waals surface area contributed by atoms with Gasteiger partial charge in [-0.15, -0.1) is 0 Å². The van der Waals surface area contributed by atoms with Gasteiger partial charge in [-0.1, -0.05) is 84.0 Å². The molecule has 4 heteroatoms. The third kappa shape index (κ3) is 7.97. The van der Waals surface area contributed by atoms with Gasteiger partial charge in [0.1, 0.15) is 12.2 Å². The molecule has 0 aromatic carbocycles. The highest BCUT2D eigenvalue weighted by molar-refractivity contribution is 5.31. The molecule has 4 nitrogen and oxygen atoms in total. The molecule has 2 fully saturated rings. The second-order valence-corrected chi connectivity index (χ2v) is 11.7. The second kappa shape index (κ2) is 14.4. The smallest absolute Gasteiger partial charge is 0.138 e. The molecular weight excluding hydrogens is 448 g/mol. The molecular formula is C32H50O4. The van der Waals surface area contributed by atoms with Crippen LogP contribution in [0.1, 0.15) is 98.8 Å². The van der Waals surface area contributed by atoms with Crippen molar-refractivity contribution in [1.82, 2.24) is 0 Å². The van der Waals surface area contributed by atoms with Crippen molar-refractivity contribution >= 4 is 0 Å². The highest BCUT2D eigenvalue weighted by Crippen LogP contribution is 2.57. The van der Waals surface area contributed by atoms with Crippen LogP contribution in [0.3, 0.4) is 0 Å². The fraction of sp³-hybridized carbons (Fsp3) is 0.750. The average molecular weight is 499 g/mol. The number of ether oxygens (including phenoxy) is 1. The Balaban J connectivity index is 2.03. The normalized spacial score (nSPS) is 33.7. The summed E-state index contributed by atoms with van der Waals surface area (Å²) < 4.78 is 6.53. The van der Waals surface area contributed by atoms with E-state index in [1.165, 1.54) is 25.7 Å². The van der Waals surface area contributed by atoms with Gasteiger partial charge in [0.2, 0.25) is 0 Å². The molecule has 0 aromatic heterocycles. The monoisotopic (exact) mass is 498 g/mol. The van der Waals surface area contributed by atoms with Crippen LogP contribution in [-0.4, -0.2) is 45.3 Å². The molecule has 0 heterocycles. The number of aliphatic hydroxyl groups excluding tert-OH is 3. The summed E-state index contributed by atoms with van der Waals surface area (Å²) in [7, 11) is 0. The Labute approximate surface area is 220 Å². The maximum Gasteiger partial charge on any atom is 0.138 e. The number of allylic oxidation sites excluding steroid dienone is 1. The van der Waals surface area contributed by atoms with E-state index >= 15 is 0 Å². The molecule has 0 bridgehead atoms. The molecule has 2 saturated carbocycles. The van der Waals surface area contributed by atoms with E-state index in [4.69, 9.17) is 4.74 Å². The first kappa shape index (κ1) is 30.7. The van der Waals surface area contributed by atoms with Gasteiger partial charge in [-0.25, -0.2) is 0 Å². The van der Waals surface area contributed by atoms with Crippen LogP contribution in [-0.2, 0) is 4.74 Å². The maximum atomic E-state index is 11.4. The van der Waals surface area contributed by atoms with E-state index in [1.54, 1.807) is 12.2 Å². The Morgan fingerprint density at radius 3 is 2.39 bits per heavy atom. The lowest BCUT2D eigenvalue weighted by molar-refractivity contribution is -0.239. The zero-order valence-electron chi connectivity index (χ0n) is 23.3. The van der Waals surface area contributed by atoms with Gasteiger partial charge in [-0.05, 0) is 75.2 Å². The number of hydrogen-bond acceptors (Lipinski definition) is 4. The summed E-state index contributed by atoms with van der Waals surface area (Å²) in [6, 6.07) is 0. The van der Waals surface area contributed by atoms with Crippen molar-refractivity contribution in [2.24, 2.45) is 23.2 Å². The molecule has 2 aliphatic carbocycles. The molecule has 2 aliphatic rings. The Hall–Kier alpha value is -1.56. The van der Waals surface area contributed by atoms with Gasteiger partial charge in [0.15, 0.2) is 0 Å². The van der Waals surface area contributed by atoms with Crippen molar-refractivity contribution in [3.63, 3.8) is 0 Å². The summed E-state index contributed by atoms with van der Waals surface area (Å²) in [6.07, 6.45) is 13.2. The van der Waals surface area contributed by atoms with Crippen LogP contribution in [0.5, 0.6) is 0 Å². The molecule has 36 heavy (non-hydrogen) atoms. The molecule has 0 saturated heterocycles. The lowest BCUT2D eigenvalue weighted by Gasteiger charge is -2.60. The standard InChI is InChI=1S/C32H50O4/c1-7-9-10-11-12-13-14-17-25(33)18-15-16-19-26(8-2)36-32(6)23-21-28(34)31(5)22-20-27(24(3)4)29(35)30(31)32/h8,14,17,24-30,33-35H,2,7,9-13,20-23H2,1,3-6H3/b17-14-/t25-,26+,27-,28+,29+,30+,31-,32+/m0/s1. The van der Waals surface area contributed by atoms with Gasteiger partial charge in [0.25, 0.3) is 0 Å². The molecule has 0 amide bonds. The topological polar surface area (TPSA) is 69.9 Å². The van der Waals surface area contributed by atoms with Crippen LogP contribution in [0.15, 0.2) is 24.8 Å². The van der Waals surface area contributed by atoms with Crippen LogP contribution < -0.4 is 0 Å². The lowest BCUT2D eigenvalue weighted by Crippen LogP contribution is -2.64. The first-order valence-electron chi connectivity index (χ1n) is 14.1. The van der Waals surface area contributed by atoms with Crippen molar-refractivity contribution in [2.75, 3.05) is 0 Å². The van der Waals surface area contributed by atoms with E-state index in [2.05, 4.69) is 58.0 Å². The number of unbranched alkanes of at least 4 members (excludes halogenated alkanes) is 5. The molecule has 8 atom stereocenters. The summed E-state index contributed by atoms with van der Waals surface area (Å²) in [5.41, 5.74) is -1.04. The minimum atomic E-state index is -0.832. The zero-order valence-corrected chi connectivity index (χ0v) is 23.3. The first-order chi connectivity index (χ1) is 17.1. The Kier molecular flexibility index (Phi) is 12.3. The predicted molar refractivity (Wildman–Crippen MR) is 148 cm³/mol. The molecule has 202 valence electrons. The molecule has 0 spiro atoms. The Morgan fingerprint density at radius 2 is 1.72 bits per heavy atom. The highest BCUT2D eigenvalue weighted by atomic mass is 16.5. The SMILES string of the molecule is C=C[C@H](C#CC#C[C@@H](O)/C=C\CCCCCCC)O[C@]1(C)CC[C@@H](O)[C@]2(C)CC[C@@H](C(C)C)[C@@H](O)[C@H]21. The van der Waals surface area contributed by atoms with Gasteiger partial charge < -0.3 is 20.1 Å². The van der Waals surface area contributed by atoms with E-state index in [0.29, 0.717) is 18.8 Å². The first-order valence-corrected chi connectivity index (χ1v) is 14.1. The Morgan fingerprint density at radius 1 is 1.03 bits per heavy atom. The van der Waals surface area contributed by atoms with Crippen LogP contribution in [0, 0.1) is 46.9 Å². The third-order valence-corrected chi connectivity index (χ3v) is 8.60. The van der Waals surface area contributed by atoms with Crippen LogP contribution in [0.4, 0.5) is 0 Å². The van der Waals surface area contributed by atoms with E-state index < -0.39 is 35.4 Å². The number of aliphatic hydroxyl groups is 3. The second-order valence-electron chi connectivity index (χ2n) is 11.7. The highest BCUT2D eigenvalue weighted by Gasteiger charge is 2.60. The predicted octanol–water partition coefficient (Wildman–Crippen LogP) is 5.80. The van der Waals surface area contributed by atoms with Crippen molar-refractivity contribution in [1.29, 1.82) is 0 Å². The minimum Gasteiger partial charge on any atom is -0.393 e. The maximum absolute atomic E-state index is 11.4. The van der Waals surface area contributed by atoms with E-state index in [9.17, 15) is 15.3 Å². The largest absolute Gasteiger partial charge is 0.393 e. The van der Waals surface area contributed by atoms with Gasteiger partial charge >= 0.3 is 0 Å². The summed E-state index contributed by atoms with van der Waals surface area (Å²) >= 11 is 0. The minimum absolute atomic E-state index is 0.182. The molecule has 0 aliphatic heterocycles. The summed E-state index contributed by atoms with van der Waals surface area (Å²) in [5.74, 6) is 11.7. The van der Waals surface area contributed by atoms with Gasteiger partial charge in [-0.3, -0.25) is 0 Å². The fourth-order valence-corrected chi connectivity index (χ4v) is 6.43. The average Bonchev–Trinajstić information content (AvgIpc) is 2.83. The van der Waals surface area contributed by atoms with Gasteiger partial charge in [0, 0.05) is 11.3 Å². The number of hydrogen-bond donors (Lipinski definition) is 3. The zero-order chi connectivity index (χ0) is 26.8. The molecule has 0 aromatic rings. The molecule has 3 N–H and O–H groups in total. The summed E-state index contributed by atoms with van der Waals surface area (Å²) in [4.78, 5) is 0. The van der Waals surface area contributed by atoms with E-state index in [1.807, 2.05) is 13.0 Å². The van der Waals surface area contributed by atoms with Crippen LogP contribution >= 0.6 is 0 Å². The van der Waals surface area contributed by atoms with Crippen LogP contribution in [0.25, 0.3) is 0 Å². The van der Waals surface area contributed by atoms with Crippen molar-refractivity contribution in [3.05, 3.63) is 24.8 Å². The molecule has 2 rings (SSSR count). The number of fused-ring (bicyclic) bond motifs is 1. The van der Waals surface area contributed by atoms with Crippen molar-refractivity contribution in [2.45, 2.75) is 129 Å². The quantitative estimate of drug-likeness (QED) is 0.191. The van der Waals surface area contributed by atoms with E-state index in [0.717, 1.165) is 25.7 Å².